The second kappa shape index (κ2) is 5.30. The lowest BCUT2D eigenvalue weighted by atomic mass is 10.3. The predicted octanol–water partition coefficient (Wildman–Crippen LogP) is -0.601. The van der Waals surface area contributed by atoms with Crippen LogP contribution in [-0.4, -0.2) is 20.4 Å². The highest BCUT2D eigenvalue weighted by Gasteiger charge is 2.11. The number of nitrogens with one attached hydrogen (secondary N) is 2. The minimum absolute atomic E-state index is 0.113. The van der Waals surface area contributed by atoms with E-state index in [0.717, 1.165) is 4.57 Å². The highest BCUT2D eigenvalue weighted by Crippen LogP contribution is 1.94. The van der Waals surface area contributed by atoms with Crippen LogP contribution in [0.2, 0.25) is 0 Å². The topological polar surface area (TPSA) is 96.8 Å². The molecule has 0 saturated carbocycles. The molecule has 0 aliphatic heterocycles. The molecule has 0 aliphatic carbocycles. The number of aromatic amines is 1. The fourth-order valence-corrected chi connectivity index (χ4v) is 1.49. The van der Waals surface area contributed by atoms with Crippen molar-refractivity contribution in [3.8, 4) is 0 Å². The maximum Gasteiger partial charge on any atom is 0.328 e. The summed E-state index contributed by atoms with van der Waals surface area (Å²) in [5.41, 5.74) is -0.706. The van der Waals surface area contributed by atoms with Crippen molar-refractivity contribution in [1.29, 1.82) is 0 Å². The number of hydrogen-bond donors (Lipinski definition) is 2. The van der Waals surface area contributed by atoms with Gasteiger partial charge in [-0.3, -0.25) is 19.6 Å². The fraction of sp³-hybridized carbons (Fsp3) is 0.167. The standard InChI is InChI=1S/C12H12N4O3/c1-16-7-9(11(18)15-12(16)19)10(17)14-6-8-4-2-3-5-13-8/h2-5,7H,6H2,1H3,(H,14,17)(H,15,18,19). The summed E-state index contributed by atoms with van der Waals surface area (Å²) in [5.74, 6) is -0.553. The molecule has 0 aromatic carbocycles. The van der Waals surface area contributed by atoms with Crippen LogP contribution in [0.3, 0.4) is 0 Å². The Kier molecular flexibility index (Phi) is 3.56. The molecule has 98 valence electrons. The molecule has 0 spiro atoms. The smallest absolute Gasteiger partial charge is 0.328 e. The molecule has 2 aromatic heterocycles. The van der Waals surface area contributed by atoms with Gasteiger partial charge in [-0.25, -0.2) is 4.79 Å². The molecule has 2 N–H and O–H groups in total. The summed E-state index contributed by atoms with van der Waals surface area (Å²) in [6, 6.07) is 5.32. The van der Waals surface area contributed by atoms with E-state index in [-0.39, 0.29) is 12.1 Å². The molecule has 0 unspecified atom stereocenters. The minimum atomic E-state index is -0.707. The van der Waals surface area contributed by atoms with Gasteiger partial charge in [0.05, 0.1) is 12.2 Å². The molecule has 0 radical (unpaired) electrons. The van der Waals surface area contributed by atoms with Crippen LogP contribution in [0.4, 0.5) is 0 Å². The summed E-state index contributed by atoms with van der Waals surface area (Å²) >= 11 is 0. The van der Waals surface area contributed by atoms with E-state index in [1.54, 1.807) is 24.4 Å². The second-order valence-corrected chi connectivity index (χ2v) is 3.92. The van der Waals surface area contributed by atoms with Gasteiger partial charge in [-0.1, -0.05) is 6.07 Å². The van der Waals surface area contributed by atoms with Gasteiger partial charge in [0.25, 0.3) is 11.5 Å². The van der Waals surface area contributed by atoms with Gasteiger partial charge in [-0.2, -0.15) is 0 Å². The summed E-state index contributed by atoms with van der Waals surface area (Å²) in [7, 11) is 1.45. The van der Waals surface area contributed by atoms with Gasteiger partial charge in [-0.15, -0.1) is 0 Å². The van der Waals surface area contributed by atoms with Crippen molar-refractivity contribution in [3.05, 3.63) is 62.7 Å². The van der Waals surface area contributed by atoms with Crippen molar-refractivity contribution in [2.45, 2.75) is 6.54 Å². The number of aromatic nitrogens is 3. The van der Waals surface area contributed by atoms with Crippen molar-refractivity contribution in [2.75, 3.05) is 0 Å². The first-order valence-corrected chi connectivity index (χ1v) is 5.56. The molecule has 0 fully saturated rings. The molecule has 2 heterocycles. The fourth-order valence-electron chi connectivity index (χ4n) is 1.49. The number of pyridine rings is 1. The zero-order valence-electron chi connectivity index (χ0n) is 10.2. The second-order valence-electron chi connectivity index (χ2n) is 3.92. The van der Waals surface area contributed by atoms with Gasteiger partial charge in [0.2, 0.25) is 0 Å². The van der Waals surface area contributed by atoms with Gasteiger partial charge in [0, 0.05) is 19.4 Å². The first kappa shape index (κ1) is 12.7. The van der Waals surface area contributed by atoms with Crippen LogP contribution >= 0.6 is 0 Å². The van der Waals surface area contributed by atoms with Gasteiger partial charge in [-0.05, 0) is 12.1 Å². The molecule has 1 amide bonds. The summed E-state index contributed by atoms with van der Waals surface area (Å²) in [4.78, 5) is 40.6. The normalized spacial score (nSPS) is 10.2. The van der Waals surface area contributed by atoms with E-state index in [1.165, 1.54) is 13.2 Å². The number of carbonyl (C=O) groups is 1. The van der Waals surface area contributed by atoms with E-state index >= 15 is 0 Å². The van der Waals surface area contributed by atoms with Crippen LogP contribution in [0, 0.1) is 0 Å². The Morgan fingerprint density at radius 1 is 1.42 bits per heavy atom. The lowest BCUT2D eigenvalue weighted by molar-refractivity contribution is 0.0948. The third-order valence-electron chi connectivity index (χ3n) is 2.51. The van der Waals surface area contributed by atoms with Crippen LogP contribution in [0.1, 0.15) is 16.1 Å². The molecule has 0 saturated heterocycles. The summed E-state index contributed by atoms with van der Waals surface area (Å²) in [5, 5.41) is 2.57. The Bertz CT molecular complexity index is 703. The molecule has 0 bridgehead atoms. The van der Waals surface area contributed by atoms with Crippen molar-refractivity contribution in [3.63, 3.8) is 0 Å². The number of aryl methyl sites for hydroxylation is 1. The molecule has 0 atom stereocenters. The monoisotopic (exact) mass is 260 g/mol. The Hall–Kier alpha value is -2.70. The lowest BCUT2D eigenvalue weighted by Gasteiger charge is -2.05. The number of rotatable bonds is 3. The van der Waals surface area contributed by atoms with Gasteiger partial charge < -0.3 is 9.88 Å². The number of carbonyl (C=O) groups excluding carboxylic acids is 1. The first-order valence-electron chi connectivity index (χ1n) is 5.56. The third kappa shape index (κ3) is 2.95. The van der Waals surface area contributed by atoms with E-state index in [0.29, 0.717) is 5.69 Å². The van der Waals surface area contributed by atoms with Crippen molar-refractivity contribution >= 4 is 5.91 Å². The Balaban J connectivity index is 2.15. The van der Waals surface area contributed by atoms with E-state index in [9.17, 15) is 14.4 Å². The van der Waals surface area contributed by atoms with Crippen molar-refractivity contribution in [1.82, 2.24) is 19.9 Å². The molecule has 7 nitrogen and oxygen atoms in total. The SMILES string of the molecule is Cn1cc(C(=O)NCc2ccccn2)c(=O)[nH]c1=O. The zero-order valence-corrected chi connectivity index (χ0v) is 10.2. The summed E-state index contributed by atoms with van der Waals surface area (Å²) in [6.45, 7) is 0.210. The molecule has 0 aliphatic rings. The van der Waals surface area contributed by atoms with Gasteiger partial charge >= 0.3 is 5.69 Å². The molecular weight excluding hydrogens is 248 g/mol. The Labute approximate surface area is 107 Å². The van der Waals surface area contributed by atoms with Gasteiger partial charge in [0.1, 0.15) is 5.56 Å². The van der Waals surface area contributed by atoms with Crippen LogP contribution in [0.5, 0.6) is 0 Å². The first-order chi connectivity index (χ1) is 9.08. The van der Waals surface area contributed by atoms with E-state index in [2.05, 4.69) is 15.3 Å². The average Bonchev–Trinajstić information content (AvgIpc) is 2.41. The quantitative estimate of drug-likeness (QED) is 0.770. The van der Waals surface area contributed by atoms with Crippen LogP contribution in [0.25, 0.3) is 0 Å². The number of hydrogen-bond acceptors (Lipinski definition) is 4. The largest absolute Gasteiger partial charge is 0.346 e. The van der Waals surface area contributed by atoms with Crippen LogP contribution < -0.4 is 16.6 Å². The van der Waals surface area contributed by atoms with Crippen LogP contribution in [-0.2, 0) is 13.6 Å². The molecular formula is C12H12N4O3. The van der Waals surface area contributed by atoms with Crippen LogP contribution in [0.15, 0.2) is 40.2 Å². The summed E-state index contributed by atoms with van der Waals surface area (Å²) < 4.78 is 1.14. The maximum atomic E-state index is 11.8. The highest BCUT2D eigenvalue weighted by atomic mass is 16.2. The van der Waals surface area contributed by atoms with Gasteiger partial charge in [0.15, 0.2) is 0 Å². The molecule has 2 aromatic rings. The average molecular weight is 260 g/mol. The van der Waals surface area contributed by atoms with Crippen molar-refractivity contribution in [2.24, 2.45) is 7.05 Å². The molecule has 7 heteroatoms. The van der Waals surface area contributed by atoms with E-state index in [4.69, 9.17) is 0 Å². The minimum Gasteiger partial charge on any atom is -0.346 e. The number of nitrogens with zero attached hydrogens (tertiary/aromatic N) is 2. The Morgan fingerprint density at radius 2 is 2.21 bits per heavy atom. The predicted molar refractivity (Wildman–Crippen MR) is 67.7 cm³/mol. The number of H-pyrrole nitrogens is 1. The number of amides is 1. The lowest BCUT2D eigenvalue weighted by Crippen LogP contribution is -2.36. The van der Waals surface area contributed by atoms with E-state index < -0.39 is 17.2 Å². The van der Waals surface area contributed by atoms with Crippen molar-refractivity contribution < 1.29 is 4.79 Å². The molecule has 19 heavy (non-hydrogen) atoms. The van der Waals surface area contributed by atoms with E-state index in [1.807, 2.05) is 0 Å². The molecule has 2 rings (SSSR count). The highest BCUT2D eigenvalue weighted by molar-refractivity contribution is 5.93. The Morgan fingerprint density at radius 3 is 2.89 bits per heavy atom. The summed E-state index contributed by atoms with van der Waals surface area (Å²) in [6.07, 6.45) is 2.81. The third-order valence-corrected chi connectivity index (χ3v) is 2.51. The zero-order chi connectivity index (χ0) is 13.8. The maximum absolute atomic E-state index is 11.8.